The van der Waals surface area contributed by atoms with Crippen molar-refractivity contribution in [1.82, 2.24) is 0 Å². The summed E-state index contributed by atoms with van der Waals surface area (Å²) in [6.45, 7) is 4.28. The number of aryl methyl sites for hydroxylation is 2. The number of thioether (sulfide) groups is 1. The molecular weight excluding hydrogens is 306 g/mol. The van der Waals surface area contributed by atoms with Crippen LogP contribution in [0.2, 0.25) is 0 Å². The van der Waals surface area contributed by atoms with E-state index in [4.69, 9.17) is 5.73 Å². The second-order valence-electron chi connectivity index (χ2n) is 4.41. The Morgan fingerprint density at radius 2 is 1.89 bits per heavy atom. The molecule has 0 aliphatic carbocycles. The minimum atomic E-state index is 0.800. The van der Waals surface area contributed by atoms with Gasteiger partial charge in [0.2, 0.25) is 0 Å². The van der Waals surface area contributed by atoms with Crippen LogP contribution in [-0.2, 0) is 5.75 Å². The van der Waals surface area contributed by atoms with Gasteiger partial charge in [-0.1, -0.05) is 23.8 Å². The molecule has 0 saturated carbocycles. The summed E-state index contributed by atoms with van der Waals surface area (Å²) in [6, 6.07) is 12.7. The van der Waals surface area contributed by atoms with Crippen molar-refractivity contribution < 1.29 is 0 Å². The largest absolute Gasteiger partial charge is 0.398 e. The second-order valence-corrected chi connectivity index (χ2v) is 6.29. The average molecular weight is 322 g/mol. The van der Waals surface area contributed by atoms with Crippen molar-refractivity contribution in [3.8, 4) is 0 Å². The third-order valence-corrected chi connectivity index (χ3v) is 4.75. The smallest absolute Gasteiger partial charge is 0.0461 e. The highest BCUT2D eigenvalue weighted by Gasteiger charge is 2.02. The third-order valence-electron chi connectivity index (χ3n) is 2.79. The fraction of sp³-hybridized carbons (Fsp3) is 0.200. The van der Waals surface area contributed by atoms with Crippen LogP contribution in [0.15, 0.2) is 45.8 Å². The predicted octanol–water partition coefficient (Wildman–Crippen LogP) is 4.94. The molecule has 1 nitrogen and oxygen atoms in total. The number of nitrogens with two attached hydrogens (primary N) is 1. The van der Waals surface area contributed by atoms with E-state index in [1.54, 1.807) is 0 Å². The molecule has 0 bridgehead atoms. The molecule has 3 heteroatoms. The fourth-order valence-corrected chi connectivity index (χ4v) is 3.00. The molecule has 0 unspecified atom stereocenters. The Bertz CT molecular complexity index is 566. The number of hydrogen-bond donors (Lipinski definition) is 1. The first-order chi connectivity index (χ1) is 8.56. The summed E-state index contributed by atoms with van der Waals surface area (Å²) in [6.07, 6.45) is 0. The fourth-order valence-electron chi connectivity index (χ4n) is 1.81. The lowest BCUT2D eigenvalue weighted by atomic mass is 10.2. The first-order valence-corrected chi connectivity index (χ1v) is 7.58. The lowest BCUT2D eigenvalue weighted by molar-refractivity contribution is 1.25. The van der Waals surface area contributed by atoms with Crippen LogP contribution >= 0.6 is 27.7 Å². The molecular formula is C15H16BrNS. The van der Waals surface area contributed by atoms with Crippen molar-refractivity contribution in [3.63, 3.8) is 0 Å². The van der Waals surface area contributed by atoms with E-state index in [1.165, 1.54) is 21.6 Å². The molecule has 0 atom stereocenters. The third kappa shape index (κ3) is 3.30. The summed E-state index contributed by atoms with van der Waals surface area (Å²) in [4.78, 5) is 1.34. The van der Waals surface area contributed by atoms with Gasteiger partial charge < -0.3 is 5.73 Å². The number of rotatable bonds is 3. The number of halogens is 1. The molecule has 0 aliphatic rings. The quantitative estimate of drug-likeness (QED) is 0.640. The van der Waals surface area contributed by atoms with Gasteiger partial charge in [-0.2, -0.15) is 0 Å². The van der Waals surface area contributed by atoms with E-state index < -0.39 is 0 Å². The standard InChI is InChI=1S/C15H16BrNS/c1-10-3-6-15(11(2)7-10)18-9-12-4-5-13(16)14(17)8-12/h3-8H,9,17H2,1-2H3. The van der Waals surface area contributed by atoms with Gasteiger partial charge in [-0.25, -0.2) is 0 Å². The van der Waals surface area contributed by atoms with Crippen LogP contribution < -0.4 is 5.73 Å². The Morgan fingerprint density at radius 3 is 2.56 bits per heavy atom. The highest BCUT2D eigenvalue weighted by atomic mass is 79.9. The normalized spacial score (nSPS) is 10.6. The van der Waals surface area contributed by atoms with Crippen molar-refractivity contribution in [3.05, 3.63) is 57.6 Å². The molecule has 2 aromatic rings. The van der Waals surface area contributed by atoms with Crippen molar-refractivity contribution in [2.24, 2.45) is 0 Å². The van der Waals surface area contributed by atoms with Gasteiger partial charge in [0.05, 0.1) is 0 Å². The first-order valence-electron chi connectivity index (χ1n) is 5.80. The lowest BCUT2D eigenvalue weighted by Crippen LogP contribution is -1.89. The first kappa shape index (κ1) is 13.5. The van der Waals surface area contributed by atoms with Crippen molar-refractivity contribution in [1.29, 1.82) is 0 Å². The molecule has 0 radical (unpaired) electrons. The highest BCUT2D eigenvalue weighted by molar-refractivity contribution is 9.10. The molecule has 2 N–H and O–H groups in total. The Kier molecular flexibility index (Phi) is 4.36. The zero-order valence-corrected chi connectivity index (χ0v) is 12.9. The van der Waals surface area contributed by atoms with Gasteiger partial charge >= 0.3 is 0 Å². The van der Waals surface area contributed by atoms with E-state index >= 15 is 0 Å². The Labute approximate surface area is 121 Å². The van der Waals surface area contributed by atoms with Crippen LogP contribution in [0.25, 0.3) is 0 Å². The summed E-state index contributed by atoms with van der Waals surface area (Å²) in [5.41, 5.74) is 10.6. The van der Waals surface area contributed by atoms with Crippen molar-refractivity contribution >= 4 is 33.4 Å². The summed E-state index contributed by atoms with van der Waals surface area (Å²) >= 11 is 5.27. The van der Waals surface area contributed by atoms with Crippen molar-refractivity contribution in [2.45, 2.75) is 24.5 Å². The molecule has 18 heavy (non-hydrogen) atoms. The number of anilines is 1. The van der Waals surface area contributed by atoms with Crippen LogP contribution in [0.3, 0.4) is 0 Å². The van der Waals surface area contributed by atoms with Crippen LogP contribution in [0.4, 0.5) is 5.69 Å². The molecule has 0 fully saturated rings. The molecule has 2 rings (SSSR count). The van der Waals surface area contributed by atoms with E-state index in [2.05, 4.69) is 54.0 Å². The van der Waals surface area contributed by atoms with Crippen LogP contribution in [-0.4, -0.2) is 0 Å². The van der Waals surface area contributed by atoms with Crippen LogP contribution in [0.1, 0.15) is 16.7 Å². The highest BCUT2D eigenvalue weighted by Crippen LogP contribution is 2.28. The molecule has 0 saturated heterocycles. The van der Waals surface area contributed by atoms with E-state index in [0.29, 0.717) is 0 Å². The second kappa shape index (κ2) is 5.81. The van der Waals surface area contributed by atoms with Gasteiger partial charge in [-0.15, -0.1) is 11.8 Å². The molecule has 0 aromatic heterocycles. The Balaban J connectivity index is 2.09. The average Bonchev–Trinajstić information content (AvgIpc) is 2.32. The summed E-state index contributed by atoms with van der Waals surface area (Å²) in [5.74, 6) is 0.946. The maximum absolute atomic E-state index is 5.88. The topological polar surface area (TPSA) is 26.0 Å². The minimum Gasteiger partial charge on any atom is -0.398 e. The maximum atomic E-state index is 5.88. The summed E-state index contributed by atoms with van der Waals surface area (Å²) in [7, 11) is 0. The van der Waals surface area contributed by atoms with E-state index in [0.717, 1.165) is 15.9 Å². The Hall–Kier alpha value is -0.930. The molecule has 0 amide bonds. The monoisotopic (exact) mass is 321 g/mol. The van der Waals surface area contributed by atoms with Gasteiger partial charge in [0, 0.05) is 20.8 Å². The maximum Gasteiger partial charge on any atom is 0.0461 e. The van der Waals surface area contributed by atoms with Crippen LogP contribution in [0, 0.1) is 13.8 Å². The number of benzene rings is 2. The summed E-state index contributed by atoms with van der Waals surface area (Å²) < 4.78 is 0.961. The SMILES string of the molecule is Cc1ccc(SCc2ccc(Br)c(N)c2)c(C)c1. The van der Waals surface area contributed by atoms with Gasteiger partial charge in [0.1, 0.15) is 0 Å². The zero-order valence-electron chi connectivity index (χ0n) is 10.5. The predicted molar refractivity (Wildman–Crippen MR) is 84.0 cm³/mol. The Morgan fingerprint density at radius 1 is 1.11 bits per heavy atom. The van der Waals surface area contributed by atoms with E-state index in [-0.39, 0.29) is 0 Å². The molecule has 0 spiro atoms. The number of nitrogen functional groups attached to an aromatic ring is 1. The molecule has 94 valence electrons. The minimum absolute atomic E-state index is 0.800. The molecule has 2 aromatic carbocycles. The van der Waals surface area contributed by atoms with Crippen molar-refractivity contribution in [2.75, 3.05) is 5.73 Å². The van der Waals surface area contributed by atoms with Gasteiger partial charge in [0.25, 0.3) is 0 Å². The lowest BCUT2D eigenvalue weighted by Gasteiger charge is -2.07. The van der Waals surface area contributed by atoms with Gasteiger partial charge in [0.15, 0.2) is 0 Å². The molecule has 0 heterocycles. The van der Waals surface area contributed by atoms with Gasteiger partial charge in [-0.3, -0.25) is 0 Å². The van der Waals surface area contributed by atoms with E-state index in [1.807, 2.05) is 23.9 Å². The van der Waals surface area contributed by atoms with E-state index in [9.17, 15) is 0 Å². The zero-order chi connectivity index (χ0) is 13.1. The summed E-state index contributed by atoms with van der Waals surface area (Å²) in [5, 5.41) is 0. The molecule has 0 aliphatic heterocycles. The van der Waals surface area contributed by atoms with Gasteiger partial charge in [-0.05, 0) is 59.1 Å². The van der Waals surface area contributed by atoms with Crippen LogP contribution in [0.5, 0.6) is 0 Å². The number of hydrogen-bond acceptors (Lipinski definition) is 2.